The summed E-state index contributed by atoms with van der Waals surface area (Å²) in [5.41, 5.74) is 3.89. The number of nitrogens with zero attached hydrogens (tertiary/aromatic N) is 2. The molecular formula is C14H10N4. The Labute approximate surface area is 103 Å². The maximum atomic E-state index is 4.52. The number of pyridine rings is 1. The predicted molar refractivity (Wildman–Crippen MR) is 71.2 cm³/mol. The van der Waals surface area contributed by atoms with Crippen LogP contribution in [0.3, 0.4) is 0 Å². The molecule has 0 spiro atoms. The first kappa shape index (κ1) is 9.41. The van der Waals surface area contributed by atoms with Gasteiger partial charge in [-0.2, -0.15) is 0 Å². The molecule has 0 aliphatic carbocycles. The summed E-state index contributed by atoms with van der Waals surface area (Å²) in [7, 11) is 0. The van der Waals surface area contributed by atoms with Crippen molar-refractivity contribution in [3.63, 3.8) is 0 Å². The monoisotopic (exact) mass is 234 g/mol. The number of aromatic nitrogens is 4. The number of fused-ring (bicyclic) bond motifs is 2. The van der Waals surface area contributed by atoms with Crippen LogP contribution < -0.4 is 0 Å². The van der Waals surface area contributed by atoms with E-state index in [-0.39, 0.29) is 0 Å². The molecule has 4 rings (SSSR count). The molecule has 0 saturated carbocycles. The summed E-state index contributed by atoms with van der Waals surface area (Å²) in [5.74, 6) is 0.848. The van der Waals surface area contributed by atoms with Gasteiger partial charge in [0, 0.05) is 28.9 Å². The van der Waals surface area contributed by atoms with E-state index in [1.165, 1.54) is 0 Å². The Balaban J connectivity index is 2.01. The van der Waals surface area contributed by atoms with Crippen molar-refractivity contribution in [2.45, 2.75) is 0 Å². The summed E-state index contributed by atoms with van der Waals surface area (Å²) in [6.45, 7) is 0. The summed E-state index contributed by atoms with van der Waals surface area (Å²) >= 11 is 0. The highest BCUT2D eigenvalue weighted by molar-refractivity contribution is 5.95. The van der Waals surface area contributed by atoms with Crippen LogP contribution in [0.4, 0.5) is 0 Å². The molecule has 18 heavy (non-hydrogen) atoms. The van der Waals surface area contributed by atoms with Gasteiger partial charge in [0.05, 0.1) is 5.52 Å². The normalized spacial score (nSPS) is 11.3. The lowest BCUT2D eigenvalue weighted by Crippen LogP contribution is -1.77. The number of imidazole rings is 1. The molecule has 4 heteroatoms. The molecule has 3 aromatic heterocycles. The Morgan fingerprint density at radius 3 is 2.78 bits per heavy atom. The van der Waals surface area contributed by atoms with E-state index in [4.69, 9.17) is 0 Å². The number of H-pyrrole nitrogens is 2. The molecular weight excluding hydrogens is 224 g/mol. The van der Waals surface area contributed by atoms with Crippen LogP contribution in [-0.2, 0) is 0 Å². The van der Waals surface area contributed by atoms with Gasteiger partial charge in [0.15, 0.2) is 5.65 Å². The van der Waals surface area contributed by atoms with Crippen molar-refractivity contribution in [3.8, 4) is 11.4 Å². The Morgan fingerprint density at radius 1 is 0.944 bits per heavy atom. The van der Waals surface area contributed by atoms with Crippen molar-refractivity contribution < 1.29 is 0 Å². The van der Waals surface area contributed by atoms with Crippen molar-refractivity contribution in [1.82, 2.24) is 19.9 Å². The minimum absolute atomic E-state index is 0.748. The average Bonchev–Trinajstić information content (AvgIpc) is 3.02. The lowest BCUT2D eigenvalue weighted by molar-refractivity contribution is 1.30. The first-order valence-electron chi connectivity index (χ1n) is 5.79. The second-order valence-electron chi connectivity index (χ2n) is 4.21. The molecule has 0 saturated heterocycles. The van der Waals surface area contributed by atoms with E-state index in [9.17, 15) is 0 Å². The third-order valence-electron chi connectivity index (χ3n) is 3.10. The van der Waals surface area contributed by atoms with Crippen molar-refractivity contribution in [1.29, 1.82) is 0 Å². The fourth-order valence-electron chi connectivity index (χ4n) is 2.24. The highest BCUT2D eigenvalue weighted by Crippen LogP contribution is 2.27. The van der Waals surface area contributed by atoms with Gasteiger partial charge in [-0.05, 0) is 18.2 Å². The fraction of sp³-hybridized carbons (Fsp3) is 0. The van der Waals surface area contributed by atoms with E-state index in [1.54, 1.807) is 6.20 Å². The Hall–Kier alpha value is -2.62. The minimum Gasteiger partial charge on any atom is -0.360 e. The number of aromatic amines is 2. The van der Waals surface area contributed by atoms with E-state index in [0.29, 0.717) is 0 Å². The maximum Gasteiger partial charge on any atom is 0.178 e. The zero-order chi connectivity index (χ0) is 11.9. The molecule has 4 aromatic rings. The molecule has 1 aromatic carbocycles. The molecule has 0 unspecified atom stereocenters. The lowest BCUT2D eigenvalue weighted by atomic mass is 10.2. The second kappa shape index (κ2) is 3.43. The van der Waals surface area contributed by atoms with Gasteiger partial charge in [-0.3, -0.25) is 0 Å². The van der Waals surface area contributed by atoms with Gasteiger partial charge in [0.1, 0.15) is 5.82 Å². The lowest BCUT2D eigenvalue weighted by Gasteiger charge is -1.92. The first-order chi connectivity index (χ1) is 8.92. The summed E-state index contributed by atoms with van der Waals surface area (Å²) in [6, 6.07) is 12.1. The summed E-state index contributed by atoms with van der Waals surface area (Å²) < 4.78 is 0. The van der Waals surface area contributed by atoms with E-state index in [0.717, 1.165) is 33.5 Å². The van der Waals surface area contributed by atoms with Crippen molar-refractivity contribution in [3.05, 3.63) is 48.8 Å². The van der Waals surface area contributed by atoms with Crippen molar-refractivity contribution in [2.75, 3.05) is 0 Å². The number of para-hydroxylation sites is 1. The van der Waals surface area contributed by atoms with Crippen LogP contribution in [-0.4, -0.2) is 19.9 Å². The predicted octanol–water partition coefficient (Wildman–Crippen LogP) is 3.11. The molecule has 0 fully saturated rings. The zero-order valence-electron chi connectivity index (χ0n) is 9.51. The van der Waals surface area contributed by atoms with Crippen LogP contribution in [0.5, 0.6) is 0 Å². The Morgan fingerprint density at radius 2 is 1.83 bits per heavy atom. The molecule has 0 aliphatic heterocycles. The molecule has 0 bridgehead atoms. The molecule has 3 heterocycles. The number of benzene rings is 1. The summed E-state index contributed by atoms with van der Waals surface area (Å²) in [4.78, 5) is 15.3. The smallest absolute Gasteiger partial charge is 0.178 e. The van der Waals surface area contributed by atoms with Gasteiger partial charge in [0.25, 0.3) is 0 Å². The number of hydrogen-bond donors (Lipinski definition) is 2. The zero-order valence-corrected chi connectivity index (χ0v) is 9.51. The SMILES string of the molecule is c1cnc2nc(-c3c[nH]c4ccccc34)[nH]c2c1. The second-order valence-corrected chi connectivity index (χ2v) is 4.21. The molecule has 4 nitrogen and oxygen atoms in total. The summed E-state index contributed by atoms with van der Waals surface area (Å²) in [5, 5.41) is 1.16. The number of hydrogen-bond acceptors (Lipinski definition) is 2. The van der Waals surface area contributed by atoms with Crippen LogP contribution in [0.15, 0.2) is 48.8 Å². The molecule has 0 aliphatic rings. The number of nitrogens with one attached hydrogen (secondary N) is 2. The molecule has 2 N–H and O–H groups in total. The van der Waals surface area contributed by atoms with Crippen LogP contribution in [0.25, 0.3) is 33.5 Å². The highest BCUT2D eigenvalue weighted by atomic mass is 15.0. The van der Waals surface area contributed by atoms with Gasteiger partial charge < -0.3 is 9.97 Å². The molecule has 0 radical (unpaired) electrons. The minimum atomic E-state index is 0.748. The van der Waals surface area contributed by atoms with Crippen LogP contribution in [0.1, 0.15) is 0 Å². The van der Waals surface area contributed by atoms with E-state index < -0.39 is 0 Å². The average molecular weight is 234 g/mol. The molecule has 0 atom stereocenters. The Kier molecular flexibility index (Phi) is 1.80. The van der Waals surface area contributed by atoms with Gasteiger partial charge in [0.2, 0.25) is 0 Å². The fourth-order valence-corrected chi connectivity index (χ4v) is 2.24. The molecule has 86 valence electrons. The van der Waals surface area contributed by atoms with Crippen molar-refractivity contribution >= 4 is 22.1 Å². The van der Waals surface area contributed by atoms with Gasteiger partial charge in [-0.15, -0.1) is 0 Å². The first-order valence-corrected chi connectivity index (χ1v) is 5.79. The molecule has 0 amide bonds. The van der Waals surface area contributed by atoms with Crippen molar-refractivity contribution in [2.24, 2.45) is 0 Å². The quantitative estimate of drug-likeness (QED) is 0.531. The largest absolute Gasteiger partial charge is 0.360 e. The number of rotatable bonds is 1. The van der Waals surface area contributed by atoms with E-state index in [2.05, 4.69) is 32.1 Å². The third kappa shape index (κ3) is 1.26. The van der Waals surface area contributed by atoms with E-state index >= 15 is 0 Å². The standard InChI is InChI=1S/C14H10N4/c1-2-5-11-9(4-1)10(8-16-11)13-17-12-6-3-7-15-14(12)18-13/h1-8,16H,(H,15,17,18). The topological polar surface area (TPSA) is 57.4 Å². The highest BCUT2D eigenvalue weighted by Gasteiger charge is 2.10. The van der Waals surface area contributed by atoms with Crippen LogP contribution in [0, 0.1) is 0 Å². The van der Waals surface area contributed by atoms with Gasteiger partial charge >= 0.3 is 0 Å². The van der Waals surface area contributed by atoms with Gasteiger partial charge in [-0.1, -0.05) is 18.2 Å². The van der Waals surface area contributed by atoms with E-state index in [1.807, 2.05) is 30.5 Å². The maximum absolute atomic E-state index is 4.52. The van der Waals surface area contributed by atoms with Crippen LogP contribution in [0.2, 0.25) is 0 Å². The van der Waals surface area contributed by atoms with Gasteiger partial charge in [-0.25, -0.2) is 9.97 Å². The third-order valence-corrected chi connectivity index (χ3v) is 3.10. The Bertz CT molecular complexity index is 808. The van der Waals surface area contributed by atoms with Crippen LogP contribution >= 0.6 is 0 Å². The summed E-state index contributed by atoms with van der Waals surface area (Å²) in [6.07, 6.45) is 3.73.